The fraction of sp³-hybridized carbons (Fsp3) is 0.500. The molecule has 1 saturated heterocycles. The van der Waals surface area contributed by atoms with Gasteiger partial charge in [-0.3, -0.25) is 0 Å². The minimum atomic E-state index is -1.36. The topological polar surface area (TPSA) is 109 Å². The lowest BCUT2D eigenvalue weighted by Gasteiger charge is -2.40. The number of rotatable bonds is 10. The lowest BCUT2D eigenvalue weighted by Crippen LogP contribution is -2.52. The number of hydrogen-bond acceptors (Lipinski definition) is 8. The van der Waals surface area contributed by atoms with Crippen molar-refractivity contribution in [3.05, 3.63) is 63.9 Å². The molecule has 7 nitrogen and oxygen atoms in total. The molecule has 2 aromatic rings. The molecule has 6 atom stereocenters. The summed E-state index contributed by atoms with van der Waals surface area (Å²) in [5, 5.41) is 41.0. The van der Waals surface area contributed by atoms with Crippen molar-refractivity contribution in [3.8, 4) is 5.75 Å². The third kappa shape index (κ3) is 6.61. The van der Waals surface area contributed by atoms with Crippen LogP contribution in [0.25, 0.3) is 0 Å². The van der Waals surface area contributed by atoms with Crippen LogP contribution in [0.15, 0.2) is 36.4 Å². The van der Waals surface area contributed by atoms with Crippen molar-refractivity contribution in [2.75, 3.05) is 26.1 Å². The maximum atomic E-state index is 14.6. The number of ether oxygens (including phenoxy) is 3. The van der Waals surface area contributed by atoms with Crippen LogP contribution >= 0.6 is 23.4 Å². The van der Waals surface area contributed by atoms with Crippen molar-refractivity contribution < 1.29 is 39.0 Å². The highest BCUT2D eigenvalue weighted by Gasteiger charge is 2.44. The quantitative estimate of drug-likeness (QED) is 0.382. The zero-order valence-electron chi connectivity index (χ0n) is 18.9. The van der Waals surface area contributed by atoms with Crippen LogP contribution in [0.3, 0.4) is 0 Å². The van der Waals surface area contributed by atoms with Crippen LogP contribution in [0.1, 0.15) is 29.7 Å². The van der Waals surface area contributed by atoms with Crippen LogP contribution < -0.4 is 4.74 Å². The summed E-state index contributed by atoms with van der Waals surface area (Å²) in [6.45, 7) is 2.30. The molecule has 2 aromatic carbocycles. The van der Waals surface area contributed by atoms with Gasteiger partial charge in [-0.1, -0.05) is 29.8 Å². The second-order valence-corrected chi connectivity index (χ2v) is 9.39. The summed E-state index contributed by atoms with van der Waals surface area (Å²) in [4.78, 5) is 0. The minimum absolute atomic E-state index is 0.0218. The first-order chi connectivity index (χ1) is 16.2. The SMILES string of the molecule is CCOC[C@H](O)COc1ccc(Cc2cc(C3OC(SC)C(O)C(O)C3O)ccc2Cl)cc1F. The van der Waals surface area contributed by atoms with E-state index in [2.05, 4.69) is 0 Å². The molecular weight excluding hydrogens is 487 g/mol. The summed E-state index contributed by atoms with van der Waals surface area (Å²) in [6.07, 6.45) is -3.56. The number of halogens is 2. The molecule has 5 unspecified atom stereocenters. The van der Waals surface area contributed by atoms with Gasteiger partial charge in [-0.05, 0) is 54.5 Å². The number of benzene rings is 2. The Morgan fingerprint density at radius 2 is 1.85 bits per heavy atom. The molecule has 34 heavy (non-hydrogen) atoms. The van der Waals surface area contributed by atoms with Gasteiger partial charge in [0.1, 0.15) is 42.6 Å². The molecule has 3 rings (SSSR count). The Morgan fingerprint density at radius 3 is 2.53 bits per heavy atom. The Balaban J connectivity index is 1.72. The smallest absolute Gasteiger partial charge is 0.165 e. The third-order valence-corrected chi connectivity index (χ3v) is 6.76. The van der Waals surface area contributed by atoms with Gasteiger partial charge in [0.15, 0.2) is 11.6 Å². The second kappa shape index (κ2) is 12.5. The fourth-order valence-corrected chi connectivity index (χ4v) is 4.56. The minimum Gasteiger partial charge on any atom is -0.488 e. The number of aliphatic hydroxyl groups excluding tert-OH is 4. The van der Waals surface area contributed by atoms with E-state index < -0.39 is 41.8 Å². The summed E-state index contributed by atoms with van der Waals surface area (Å²) in [5.41, 5.74) is 1.20. The van der Waals surface area contributed by atoms with E-state index in [9.17, 15) is 24.8 Å². The van der Waals surface area contributed by atoms with Gasteiger partial charge in [0.05, 0.1) is 6.61 Å². The van der Waals surface area contributed by atoms with Gasteiger partial charge in [0.25, 0.3) is 0 Å². The number of aliphatic hydroxyl groups is 4. The van der Waals surface area contributed by atoms with Crippen LogP contribution in [-0.4, -0.2) is 76.4 Å². The van der Waals surface area contributed by atoms with Gasteiger partial charge in [-0.25, -0.2) is 4.39 Å². The van der Waals surface area contributed by atoms with Crippen LogP contribution in [0.4, 0.5) is 4.39 Å². The maximum Gasteiger partial charge on any atom is 0.165 e. The zero-order valence-corrected chi connectivity index (χ0v) is 20.5. The Bertz CT molecular complexity index is 948. The Hall–Kier alpha value is -1.43. The number of thioether (sulfide) groups is 1. The van der Waals surface area contributed by atoms with E-state index >= 15 is 0 Å². The Kier molecular flexibility index (Phi) is 9.99. The molecule has 0 aromatic heterocycles. The lowest BCUT2D eigenvalue weighted by atomic mass is 9.92. The van der Waals surface area contributed by atoms with E-state index in [1.165, 1.54) is 23.9 Å². The van der Waals surface area contributed by atoms with E-state index in [1.807, 2.05) is 6.92 Å². The molecule has 1 fully saturated rings. The largest absolute Gasteiger partial charge is 0.488 e. The summed E-state index contributed by atoms with van der Waals surface area (Å²) < 4.78 is 30.8. The molecule has 10 heteroatoms. The molecule has 4 N–H and O–H groups in total. The molecule has 0 saturated carbocycles. The highest BCUT2D eigenvalue weighted by molar-refractivity contribution is 7.99. The summed E-state index contributed by atoms with van der Waals surface area (Å²) in [5.74, 6) is -0.548. The lowest BCUT2D eigenvalue weighted by molar-refractivity contribution is -0.200. The first-order valence-electron chi connectivity index (χ1n) is 10.9. The first-order valence-corrected chi connectivity index (χ1v) is 12.6. The molecule has 0 aliphatic carbocycles. The van der Waals surface area contributed by atoms with Crippen molar-refractivity contribution in [2.24, 2.45) is 0 Å². The highest BCUT2D eigenvalue weighted by atomic mass is 35.5. The van der Waals surface area contributed by atoms with E-state index in [1.54, 1.807) is 30.5 Å². The van der Waals surface area contributed by atoms with Crippen molar-refractivity contribution in [1.29, 1.82) is 0 Å². The van der Waals surface area contributed by atoms with Crippen molar-refractivity contribution in [1.82, 2.24) is 0 Å². The first kappa shape index (κ1) is 27.2. The molecule has 1 aliphatic heterocycles. The standard InChI is InChI=1S/C24H30ClFO7S/c1-3-31-11-16(27)12-32-19-7-4-13(9-18(19)26)8-15-10-14(5-6-17(15)25)23-21(29)20(28)22(30)24(33-23)34-2/h4-7,9-10,16,20-24,27-30H,3,8,11-12H2,1-2H3/t16-,20?,21?,22?,23?,24?/m0/s1. The zero-order chi connectivity index (χ0) is 24.8. The van der Waals surface area contributed by atoms with Crippen LogP contribution in [0.2, 0.25) is 5.02 Å². The molecule has 188 valence electrons. The summed E-state index contributed by atoms with van der Waals surface area (Å²) >= 11 is 7.61. The van der Waals surface area contributed by atoms with Gasteiger partial charge < -0.3 is 34.6 Å². The van der Waals surface area contributed by atoms with Gasteiger partial charge in [0.2, 0.25) is 0 Å². The van der Waals surface area contributed by atoms with Gasteiger partial charge >= 0.3 is 0 Å². The molecule has 0 amide bonds. The molecule has 1 heterocycles. The molecule has 0 spiro atoms. The Morgan fingerprint density at radius 1 is 1.09 bits per heavy atom. The van der Waals surface area contributed by atoms with E-state index in [4.69, 9.17) is 25.8 Å². The Labute approximate surface area is 207 Å². The van der Waals surface area contributed by atoms with Crippen molar-refractivity contribution in [2.45, 2.75) is 49.3 Å². The van der Waals surface area contributed by atoms with E-state index in [-0.39, 0.29) is 19.0 Å². The molecule has 0 bridgehead atoms. The maximum absolute atomic E-state index is 14.6. The highest BCUT2D eigenvalue weighted by Crippen LogP contribution is 2.37. The van der Waals surface area contributed by atoms with Gasteiger partial charge in [0, 0.05) is 11.6 Å². The van der Waals surface area contributed by atoms with Crippen molar-refractivity contribution in [3.63, 3.8) is 0 Å². The monoisotopic (exact) mass is 516 g/mol. The average molecular weight is 517 g/mol. The summed E-state index contributed by atoms with van der Waals surface area (Å²) in [6, 6.07) is 9.61. The molecular formula is C24H30ClFO7S. The van der Waals surface area contributed by atoms with Crippen LogP contribution in [-0.2, 0) is 15.9 Å². The number of hydrogen-bond donors (Lipinski definition) is 4. The molecule has 1 aliphatic rings. The van der Waals surface area contributed by atoms with Crippen molar-refractivity contribution >= 4 is 23.4 Å². The van der Waals surface area contributed by atoms with Gasteiger partial charge in [-0.2, -0.15) is 0 Å². The van der Waals surface area contributed by atoms with E-state index in [0.717, 1.165) is 0 Å². The molecule has 0 radical (unpaired) electrons. The predicted octanol–water partition coefficient (Wildman–Crippen LogP) is 2.69. The van der Waals surface area contributed by atoms with Crippen LogP contribution in [0, 0.1) is 5.82 Å². The van der Waals surface area contributed by atoms with Gasteiger partial charge in [-0.15, -0.1) is 11.8 Å². The third-order valence-electron chi connectivity index (χ3n) is 5.54. The summed E-state index contributed by atoms with van der Waals surface area (Å²) in [7, 11) is 0. The fourth-order valence-electron chi connectivity index (χ4n) is 3.70. The normalized spacial score (nSPS) is 25.8. The van der Waals surface area contributed by atoms with E-state index in [0.29, 0.717) is 34.7 Å². The predicted molar refractivity (Wildman–Crippen MR) is 128 cm³/mol. The average Bonchev–Trinajstić information content (AvgIpc) is 2.82. The second-order valence-electron chi connectivity index (χ2n) is 8.05. The van der Waals surface area contributed by atoms with Crippen LogP contribution in [0.5, 0.6) is 5.75 Å².